The topological polar surface area (TPSA) is 43.9 Å². The zero-order valence-corrected chi connectivity index (χ0v) is 22.4. The Morgan fingerprint density at radius 3 is 2.56 bits per heavy atom. The van der Waals surface area contributed by atoms with E-state index in [9.17, 15) is 9.59 Å². The van der Waals surface area contributed by atoms with E-state index in [1.54, 1.807) is 12.1 Å². The molecule has 0 bridgehead atoms. The van der Waals surface area contributed by atoms with E-state index in [1.807, 2.05) is 40.2 Å². The SMILES string of the molecule is Cc1ccc(C2c3ccsc3CCN2CCC(=O)N2CCN(C(=O)c3ccccc3Cl)C(C)C2)cc1. The van der Waals surface area contributed by atoms with Crippen molar-refractivity contribution in [1.29, 1.82) is 0 Å². The van der Waals surface area contributed by atoms with Crippen molar-refractivity contribution in [1.82, 2.24) is 14.7 Å². The van der Waals surface area contributed by atoms with Crippen LogP contribution in [0.25, 0.3) is 0 Å². The predicted octanol–water partition coefficient (Wildman–Crippen LogP) is 5.42. The van der Waals surface area contributed by atoms with Crippen LogP contribution in [0.3, 0.4) is 0 Å². The standard InChI is InChI=1S/C29H32ClN3O2S/c1-20-7-9-22(10-8-20)28-24-13-18-36-26(24)11-14-31(28)15-12-27(34)32-16-17-33(21(2)19-32)29(35)23-5-3-4-6-25(23)30/h3-10,13,18,21,28H,11-12,14-17,19H2,1-2H3. The fraction of sp³-hybridized carbons (Fsp3) is 0.379. The van der Waals surface area contributed by atoms with Crippen molar-refractivity contribution in [3.63, 3.8) is 0 Å². The summed E-state index contributed by atoms with van der Waals surface area (Å²) in [6.07, 6.45) is 1.51. The molecule has 1 aromatic heterocycles. The zero-order chi connectivity index (χ0) is 25.2. The molecule has 1 fully saturated rings. The molecule has 0 N–H and O–H groups in total. The Morgan fingerprint density at radius 2 is 1.81 bits per heavy atom. The van der Waals surface area contributed by atoms with Crippen LogP contribution in [0.15, 0.2) is 60.0 Å². The van der Waals surface area contributed by atoms with Gasteiger partial charge in [-0.05, 0) is 55.0 Å². The van der Waals surface area contributed by atoms with Crippen molar-refractivity contribution in [2.45, 2.75) is 38.8 Å². The number of piperazine rings is 1. The Morgan fingerprint density at radius 1 is 1.03 bits per heavy atom. The lowest BCUT2D eigenvalue weighted by Crippen LogP contribution is -2.55. The second kappa shape index (κ2) is 10.8. The molecule has 2 unspecified atom stereocenters. The summed E-state index contributed by atoms with van der Waals surface area (Å²) in [5.41, 5.74) is 4.43. The number of aryl methyl sites for hydroxylation is 1. The maximum Gasteiger partial charge on any atom is 0.255 e. The number of carbonyl (C=O) groups is 2. The third-order valence-corrected chi connectivity index (χ3v) is 8.74. The van der Waals surface area contributed by atoms with Gasteiger partial charge in [-0.1, -0.05) is 53.6 Å². The number of fused-ring (bicyclic) bond motifs is 1. The van der Waals surface area contributed by atoms with Crippen molar-refractivity contribution >= 4 is 34.8 Å². The van der Waals surface area contributed by atoms with Gasteiger partial charge in [-0.15, -0.1) is 11.3 Å². The van der Waals surface area contributed by atoms with Crippen LogP contribution in [0.2, 0.25) is 5.02 Å². The average molecular weight is 522 g/mol. The number of hydrogen-bond donors (Lipinski definition) is 0. The highest BCUT2D eigenvalue weighted by Crippen LogP contribution is 2.38. The van der Waals surface area contributed by atoms with Crippen LogP contribution in [0.1, 0.15) is 51.3 Å². The highest BCUT2D eigenvalue weighted by Gasteiger charge is 2.33. The molecule has 2 atom stereocenters. The van der Waals surface area contributed by atoms with Crippen molar-refractivity contribution in [3.8, 4) is 0 Å². The molecule has 188 valence electrons. The molecular weight excluding hydrogens is 490 g/mol. The molecule has 2 amide bonds. The van der Waals surface area contributed by atoms with Gasteiger partial charge in [-0.2, -0.15) is 0 Å². The molecule has 0 radical (unpaired) electrons. The Bertz CT molecular complexity index is 1240. The van der Waals surface area contributed by atoms with Crippen LogP contribution in [0, 0.1) is 6.92 Å². The van der Waals surface area contributed by atoms with E-state index in [0.29, 0.717) is 36.6 Å². The van der Waals surface area contributed by atoms with E-state index in [1.165, 1.54) is 21.6 Å². The number of amides is 2. The van der Waals surface area contributed by atoms with Crippen LogP contribution in [-0.4, -0.2) is 65.3 Å². The summed E-state index contributed by atoms with van der Waals surface area (Å²) in [7, 11) is 0. The fourth-order valence-corrected chi connectivity index (χ4v) is 6.54. The van der Waals surface area contributed by atoms with Crippen LogP contribution < -0.4 is 0 Å². The Kier molecular flexibility index (Phi) is 7.47. The molecule has 5 nitrogen and oxygen atoms in total. The molecule has 0 aliphatic carbocycles. The van der Waals surface area contributed by atoms with E-state index < -0.39 is 0 Å². The summed E-state index contributed by atoms with van der Waals surface area (Å²) >= 11 is 8.09. The van der Waals surface area contributed by atoms with E-state index in [0.717, 1.165) is 19.5 Å². The molecule has 2 aliphatic heterocycles. The van der Waals surface area contributed by atoms with Gasteiger partial charge in [-0.3, -0.25) is 14.5 Å². The maximum atomic E-state index is 13.2. The molecule has 3 heterocycles. The van der Waals surface area contributed by atoms with E-state index in [2.05, 4.69) is 47.5 Å². The minimum absolute atomic E-state index is 0.0601. The summed E-state index contributed by atoms with van der Waals surface area (Å²) in [5.74, 6) is 0.0893. The molecule has 3 aromatic rings. The number of thiophene rings is 1. The zero-order valence-electron chi connectivity index (χ0n) is 20.8. The highest BCUT2D eigenvalue weighted by molar-refractivity contribution is 7.10. The molecule has 0 saturated carbocycles. The van der Waals surface area contributed by atoms with Crippen LogP contribution >= 0.6 is 22.9 Å². The maximum absolute atomic E-state index is 13.2. The molecular formula is C29H32ClN3O2S. The van der Waals surface area contributed by atoms with Crippen LogP contribution in [0.4, 0.5) is 0 Å². The van der Waals surface area contributed by atoms with Gasteiger partial charge in [-0.25, -0.2) is 0 Å². The summed E-state index contributed by atoms with van der Waals surface area (Å²) in [6.45, 7) is 7.41. The normalized spacial score (nSPS) is 20.3. The fourth-order valence-electron chi connectivity index (χ4n) is 5.42. The quantitative estimate of drug-likeness (QED) is 0.450. The third-order valence-electron chi connectivity index (χ3n) is 7.42. The second-order valence-corrected chi connectivity index (χ2v) is 11.2. The van der Waals surface area contributed by atoms with Gasteiger partial charge in [0.2, 0.25) is 5.91 Å². The number of benzene rings is 2. The van der Waals surface area contributed by atoms with E-state index in [-0.39, 0.29) is 23.9 Å². The molecule has 2 aliphatic rings. The van der Waals surface area contributed by atoms with Gasteiger partial charge in [0.15, 0.2) is 0 Å². The molecule has 0 spiro atoms. The first-order valence-electron chi connectivity index (χ1n) is 12.6. The Balaban J connectivity index is 1.22. The smallest absolute Gasteiger partial charge is 0.255 e. The number of nitrogens with zero attached hydrogens (tertiary/aromatic N) is 3. The van der Waals surface area contributed by atoms with Crippen molar-refractivity contribution in [2.24, 2.45) is 0 Å². The number of rotatable bonds is 5. The number of carbonyl (C=O) groups excluding carboxylic acids is 2. The lowest BCUT2D eigenvalue weighted by atomic mass is 9.92. The molecule has 36 heavy (non-hydrogen) atoms. The second-order valence-electron chi connectivity index (χ2n) is 9.82. The minimum Gasteiger partial charge on any atom is -0.339 e. The first-order valence-corrected chi connectivity index (χ1v) is 13.9. The van der Waals surface area contributed by atoms with Crippen molar-refractivity contribution in [2.75, 3.05) is 32.7 Å². The molecule has 5 rings (SSSR count). The first kappa shape index (κ1) is 25.0. The largest absolute Gasteiger partial charge is 0.339 e. The van der Waals surface area contributed by atoms with Gasteiger partial charge >= 0.3 is 0 Å². The molecule has 1 saturated heterocycles. The Labute approximate surface area is 222 Å². The Hall–Kier alpha value is -2.67. The number of halogens is 1. The third kappa shape index (κ3) is 5.08. The molecule has 7 heteroatoms. The minimum atomic E-state index is -0.0685. The lowest BCUT2D eigenvalue weighted by molar-refractivity contribution is -0.134. The average Bonchev–Trinajstić information content (AvgIpc) is 3.36. The van der Waals surface area contributed by atoms with Crippen molar-refractivity contribution < 1.29 is 9.59 Å². The van der Waals surface area contributed by atoms with Crippen molar-refractivity contribution in [3.05, 3.63) is 92.1 Å². The predicted molar refractivity (Wildman–Crippen MR) is 146 cm³/mol. The number of hydrogen-bond acceptors (Lipinski definition) is 4. The van der Waals surface area contributed by atoms with Gasteiger partial charge in [0.25, 0.3) is 5.91 Å². The molecule has 2 aromatic carbocycles. The summed E-state index contributed by atoms with van der Waals surface area (Å²) in [4.78, 5) is 34.0. The lowest BCUT2D eigenvalue weighted by Gasteiger charge is -2.41. The summed E-state index contributed by atoms with van der Waals surface area (Å²) in [5, 5.41) is 2.65. The van der Waals surface area contributed by atoms with Crippen LogP contribution in [0.5, 0.6) is 0 Å². The van der Waals surface area contributed by atoms with E-state index >= 15 is 0 Å². The van der Waals surface area contributed by atoms with Gasteiger partial charge in [0.1, 0.15) is 0 Å². The monoisotopic (exact) mass is 521 g/mol. The first-order chi connectivity index (χ1) is 17.4. The van der Waals surface area contributed by atoms with Crippen LogP contribution in [-0.2, 0) is 11.2 Å². The van der Waals surface area contributed by atoms with Gasteiger partial charge < -0.3 is 9.80 Å². The van der Waals surface area contributed by atoms with Gasteiger partial charge in [0.05, 0.1) is 16.6 Å². The van der Waals surface area contributed by atoms with Gasteiger partial charge in [0, 0.05) is 50.1 Å². The van der Waals surface area contributed by atoms with E-state index in [4.69, 9.17) is 11.6 Å². The summed E-state index contributed by atoms with van der Waals surface area (Å²) < 4.78 is 0. The highest BCUT2D eigenvalue weighted by atomic mass is 35.5. The summed E-state index contributed by atoms with van der Waals surface area (Å²) in [6, 6.07) is 18.3.